The van der Waals surface area contributed by atoms with Crippen molar-refractivity contribution in [2.75, 3.05) is 0 Å². The van der Waals surface area contributed by atoms with Gasteiger partial charge in [-0.1, -0.05) is 60.7 Å². The molecule has 2 aliphatic carbocycles. The first-order valence-corrected chi connectivity index (χ1v) is 8.50. The predicted molar refractivity (Wildman–Crippen MR) is 97.3 cm³/mol. The molecule has 2 nitrogen and oxygen atoms in total. The van der Waals surface area contributed by atoms with Crippen molar-refractivity contribution in [1.29, 1.82) is 0 Å². The summed E-state index contributed by atoms with van der Waals surface area (Å²) in [7, 11) is 0. The van der Waals surface area contributed by atoms with Crippen molar-refractivity contribution in [3.05, 3.63) is 89.2 Å². The summed E-state index contributed by atoms with van der Waals surface area (Å²) in [5, 5.41) is 3.72. The summed E-state index contributed by atoms with van der Waals surface area (Å²) >= 11 is 0. The molecule has 2 atom stereocenters. The maximum atomic E-state index is 6.50. The summed E-state index contributed by atoms with van der Waals surface area (Å²) in [5.74, 6) is 1.01. The smallest absolute Gasteiger partial charge is 0.147 e. The van der Waals surface area contributed by atoms with E-state index in [0.717, 1.165) is 12.2 Å². The van der Waals surface area contributed by atoms with Gasteiger partial charge in [0.05, 0.1) is 11.7 Å². The molecule has 2 aromatic rings. The van der Waals surface area contributed by atoms with Gasteiger partial charge < -0.3 is 10.1 Å². The summed E-state index contributed by atoms with van der Waals surface area (Å²) in [6, 6.07) is 15.5. The van der Waals surface area contributed by atoms with Crippen molar-refractivity contribution < 1.29 is 4.74 Å². The molecule has 2 aromatic carbocycles. The molecule has 5 rings (SSSR count). The van der Waals surface area contributed by atoms with Gasteiger partial charge in [-0.05, 0) is 35.3 Å². The van der Waals surface area contributed by atoms with E-state index in [1.54, 1.807) is 0 Å². The Morgan fingerprint density at radius 2 is 1.92 bits per heavy atom. The second kappa shape index (κ2) is 5.13. The molecule has 0 unspecified atom stereocenters. The second-order valence-electron chi connectivity index (χ2n) is 6.70. The molecule has 0 amide bonds. The molecular weight excluding hydrogens is 294 g/mol. The fourth-order valence-electron chi connectivity index (χ4n) is 3.91. The van der Waals surface area contributed by atoms with Crippen molar-refractivity contribution in [2.24, 2.45) is 0 Å². The summed E-state index contributed by atoms with van der Waals surface area (Å²) in [4.78, 5) is 0. The van der Waals surface area contributed by atoms with Crippen molar-refractivity contribution in [3.8, 4) is 11.1 Å². The van der Waals surface area contributed by atoms with E-state index in [1.165, 1.54) is 33.5 Å². The fourth-order valence-corrected chi connectivity index (χ4v) is 3.91. The average Bonchev–Trinajstić information content (AvgIpc) is 2.61. The van der Waals surface area contributed by atoms with E-state index >= 15 is 0 Å². The monoisotopic (exact) mass is 313 g/mol. The molecule has 2 bridgehead atoms. The van der Waals surface area contributed by atoms with E-state index < -0.39 is 0 Å². The van der Waals surface area contributed by atoms with E-state index in [2.05, 4.69) is 79.0 Å². The number of allylic oxidation sites excluding steroid dienone is 3. The van der Waals surface area contributed by atoms with Gasteiger partial charge in [0.15, 0.2) is 0 Å². The molecular formula is C22H19NO. The highest BCUT2D eigenvalue weighted by molar-refractivity contribution is 5.83. The lowest BCUT2D eigenvalue weighted by molar-refractivity contribution is 0.164. The van der Waals surface area contributed by atoms with E-state index in [4.69, 9.17) is 4.74 Å². The maximum Gasteiger partial charge on any atom is 0.147 e. The van der Waals surface area contributed by atoms with Gasteiger partial charge in [0, 0.05) is 12.0 Å². The number of ether oxygens (including phenoxy) is 1. The Hall–Kier alpha value is -2.74. The first-order valence-electron chi connectivity index (χ1n) is 8.50. The summed E-state index contributed by atoms with van der Waals surface area (Å²) < 4.78 is 6.50. The molecule has 0 aromatic heterocycles. The lowest BCUT2D eigenvalue weighted by Crippen LogP contribution is -2.44. The molecule has 0 saturated heterocycles. The lowest BCUT2D eigenvalue weighted by Gasteiger charge is -2.37. The number of fused-ring (bicyclic) bond motifs is 6. The normalized spacial score (nSPS) is 23.2. The van der Waals surface area contributed by atoms with Gasteiger partial charge in [-0.15, -0.1) is 0 Å². The third-order valence-electron chi connectivity index (χ3n) is 5.07. The number of rotatable bonds is 0. The van der Waals surface area contributed by atoms with Gasteiger partial charge in [0.1, 0.15) is 11.9 Å². The standard InChI is InChI=1S/C22H19NO/c1-14-6-4-9-17-16-8-5-7-15(12-16)13-19-22(21(14)17)24-20-11-3-2-10-18(20)23-19/h2-12,18,20,23H,13H2,1H3/t18-,20-/m1/s1. The summed E-state index contributed by atoms with van der Waals surface area (Å²) in [6.45, 7) is 2.17. The molecule has 3 aliphatic rings. The second-order valence-corrected chi connectivity index (χ2v) is 6.70. The van der Waals surface area contributed by atoms with Crippen LogP contribution in [-0.2, 0) is 11.2 Å². The van der Waals surface area contributed by atoms with Gasteiger partial charge in [-0.3, -0.25) is 0 Å². The zero-order valence-corrected chi connectivity index (χ0v) is 13.6. The molecule has 0 saturated carbocycles. The SMILES string of the molecule is Cc1cccc2c1C1=C(Cc3cccc-2c3)N[C@@H]2C=CC=C[C@H]2O1. The molecule has 2 heteroatoms. The molecule has 0 spiro atoms. The maximum absolute atomic E-state index is 6.50. The van der Waals surface area contributed by atoms with Crippen molar-refractivity contribution in [2.45, 2.75) is 25.5 Å². The Kier molecular flexibility index (Phi) is 2.93. The molecule has 1 heterocycles. The molecule has 1 aliphatic heterocycles. The van der Waals surface area contributed by atoms with E-state index in [-0.39, 0.29) is 12.1 Å². The van der Waals surface area contributed by atoms with Gasteiger partial charge in [0.25, 0.3) is 0 Å². The molecule has 0 fully saturated rings. The Morgan fingerprint density at radius 3 is 2.88 bits per heavy atom. The van der Waals surface area contributed by atoms with Crippen LogP contribution in [0.4, 0.5) is 0 Å². The van der Waals surface area contributed by atoms with Crippen LogP contribution in [0.25, 0.3) is 16.9 Å². The Labute approximate surface area is 142 Å². The van der Waals surface area contributed by atoms with Gasteiger partial charge in [0.2, 0.25) is 0 Å². The van der Waals surface area contributed by atoms with E-state index in [1.807, 2.05) is 0 Å². The van der Waals surface area contributed by atoms with Crippen LogP contribution >= 0.6 is 0 Å². The largest absolute Gasteiger partial charge is 0.481 e. The number of nitrogens with one attached hydrogen (secondary N) is 1. The van der Waals surface area contributed by atoms with Gasteiger partial charge in [-0.2, -0.15) is 0 Å². The van der Waals surface area contributed by atoms with Crippen LogP contribution in [0.5, 0.6) is 0 Å². The average molecular weight is 313 g/mol. The number of benzene rings is 2. The van der Waals surface area contributed by atoms with Crippen LogP contribution in [0.3, 0.4) is 0 Å². The minimum Gasteiger partial charge on any atom is -0.481 e. The molecule has 1 N–H and O–H groups in total. The Balaban J connectivity index is 1.76. The molecule has 0 radical (unpaired) electrons. The van der Waals surface area contributed by atoms with Gasteiger partial charge >= 0.3 is 0 Å². The fraction of sp³-hybridized carbons (Fsp3) is 0.182. The number of aryl methyl sites for hydroxylation is 1. The Bertz CT molecular complexity index is 919. The zero-order valence-electron chi connectivity index (χ0n) is 13.6. The first-order chi connectivity index (χ1) is 11.8. The van der Waals surface area contributed by atoms with Crippen molar-refractivity contribution >= 4 is 5.76 Å². The lowest BCUT2D eigenvalue weighted by atomic mass is 9.88. The van der Waals surface area contributed by atoms with Crippen LogP contribution in [0.1, 0.15) is 16.7 Å². The summed E-state index contributed by atoms with van der Waals surface area (Å²) in [6.07, 6.45) is 9.40. The van der Waals surface area contributed by atoms with E-state index in [9.17, 15) is 0 Å². The van der Waals surface area contributed by atoms with Crippen LogP contribution in [0.15, 0.2) is 72.5 Å². The van der Waals surface area contributed by atoms with Crippen molar-refractivity contribution in [1.82, 2.24) is 5.32 Å². The van der Waals surface area contributed by atoms with Gasteiger partial charge in [-0.25, -0.2) is 0 Å². The zero-order chi connectivity index (χ0) is 16.1. The number of hydrogen-bond donors (Lipinski definition) is 1. The van der Waals surface area contributed by atoms with Crippen LogP contribution in [-0.4, -0.2) is 12.1 Å². The minimum absolute atomic E-state index is 0.0546. The van der Waals surface area contributed by atoms with Crippen LogP contribution < -0.4 is 5.32 Å². The first kappa shape index (κ1) is 13.7. The van der Waals surface area contributed by atoms with Crippen LogP contribution in [0, 0.1) is 6.92 Å². The van der Waals surface area contributed by atoms with E-state index in [0.29, 0.717) is 0 Å². The molecule has 24 heavy (non-hydrogen) atoms. The molecule has 118 valence electrons. The topological polar surface area (TPSA) is 21.3 Å². The third kappa shape index (κ3) is 2.03. The Morgan fingerprint density at radius 1 is 1.04 bits per heavy atom. The number of hydrogen-bond acceptors (Lipinski definition) is 2. The third-order valence-corrected chi connectivity index (χ3v) is 5.07. The summed E-state index contributed by atoms with van der Waals surface area (Å²) in [5.41, 5.74) is 7.49. The van der Waals surface area contributed by atoms with Crippen LogP contribution in [0.2, 0.25) is 0 Å². The highest BCUT2D eigenvalue weighted by atomic mass is 16.5. The quantitative estimate of drug-likeness (QED) is 0.780. The highest BCUT2D eigenvalue weighted by Gasteiger charge is 2.32. The predicted octanol–water partition coefficient (Wildman–Crippen LogP) is 4.37. The minimum atomic E-state index is 0.0546. The van der Waals surface area contributed by atoms with Crippen molar-refractivity contribution in [3.63, 3.8) is 0 Å². The highest BCUT2D eigenvalue weighted by Crippen LogP contribution is 2.39.